The fourth-order valence-corrected chi connectivity index (χ4v) is 4.56. The maximum Gasteiger partial charge on any atom is 0.282 e. The Kier molecular flexibility index (Phi) is 6.94. The van der Waals surface area contributed by atoms with Gasteiger partial charge in [0.15, 0.2) is 0 Å². The van der Waals surface area contributed by atoms with Gasteiger partial charge in [-0.2, -0.15) is 15.0 Å². The first-order chi connectivity index (χ1) is 15.9. The molecule has 0 aliphatic heterocycles. The van der Waals surface area contributed by atoms with Crippen LogP contribution in [0.4, 0.5) is 0 Å². The van der Waals surface area contributed by atoms with Crippen LogP contribution in [0.15, 0.2) is 73.4 Å². The van der Waals surface area contributed by atoms with E-state index in [4.69, 9.17) is 16.3 Å². The topological polar surface area (TPSA) is 80.3 Å². The van der Waals surface area contributed by atoms with E-state index in [0.29, 0.717) is 43.1 Å². The molecule has 33 heavy (non-hydrogen) atoms. The van der Waals surface area contributed by atoms with Crippen molar-refractivity contribution < 1.29 is 4.74 Å². The maximum atomic E-state index is 13.0. The molecule has 0 aliphatic rings. The number of fused-ring (bicyclic) bond motifs is 1. The van der Waals surface area contributed by atoms with E-state index in [1.165, 1.54) is 10.9 Å². The van der Waals surface area contributed by atoms with E-state index in [1.54, 1.807) is 43.3 Å². The van der Waals surface area contributed by atoms with Crippen LogP contribution in [0.3, 0.4) is 0 Å². The van der Waals surface area contributed by atoms with Crippen LogP contribution in [-0.4, -0.2) is 15.9 Å². The van der Waals surface area contributed by atoms with E-state index in [1.807, 2.05) is 18.2 Å². The molecule has 0 aliphatic carbocycles. The number of benzene rings is 3. The zero-order valence-corrected chi connectivity index (χ0v) is 21.1. The van der Waals surface area contributed by atoms with Gasteiger partial charge in [0.2, 0.25) is 0 Å². The van der Waals surface area contributed by atoms with Gasteiger partial charge >= 0.3 is 0 Å². The van der Waals surface area contributed by atoms with Gasteiger partial charge in [-0.15, -0.1) is 0 Å². The van der Waals surface area contributed by atoms with Gasteiger partial charge < -0.3 is 4.74 Å². The first kappa shape index (κ1) is 23.2. The molecule has 1 aromatic heterocycles. The van der Waals surface area contributed by atoms with E-state index >= 15 is 0 Å². The second-order valence-corrected chi connectivity index (χ2v) is 9.25. The Balaban J connectivity index is 1.73. The number of aryl methyl sites for hydroxylation is 1. The Labute approximate surface area is 211 Å². The Morgan fingerprint density at radius 2 is 2.00 bits per heavy atom. The lowest BCUT2D eigenvalue weighted by atomic mass is 10.1. The molecular weight excluding hydrogens is 572 g/mol. The number of nitrogens with zero attached hydrogens (tertiary/aromatic N) is 4. The number of ether oxygens (including phenoxy) is 1. The number of aromatic nitrogens is 2. The highest BCUT2D eigenvalue weighted by Gasteiger charge is 2.12. The van der Waals surface area contributed by atoms with E-state index in [-0.39, 0.29) is 12.2 Å². The average Bonchev–Trinajstić information content (AvgIpc) is 2.79. The van der Waals surface area contributed by atoms with Crippen molar-refractivity contribution in [3.05, 3.63) is 101 Å². The summed E-state index contributed by atoms with van der Waals surface area (Å²) in [4.78, 5) is 17.5. The lowest BCUT2D eigenvalue weighted by molar-refractivity contribution is 0.303. The molecule has 0 saturated heterocycles. The van der Waals surface area contributed by atoms with Gasteiger partial charge in [0.1, 0.15) is 18.2 Å². The number of nitriles is 1. The fourth-order valence-electron chi connectivity index (χ4n) is 3.25. The van der Waals surface area contributed by atoms with E-state index < -0.39 is 0 Å². The van der Waals surface area contributed by atoms with Crippen molar-refractivity contribution in [2.75, 3.05) is 0 Å². The molecular formula is C24H15Br2ClN4O2. The predicted molar refractivity (Wildman–Crippen MR) is 136 cm³/mol. The summed E-state index contributed by atoms with van der Waals surface area (Å²) in [5.74, 6) is 0.927. The van der Waals surface area contributed by atoms with Gasteiger partial charge in [0, 0.05) is 20.6 Å². The van der Waals surface area contributed by atoms with Crippen LogP contribution in [0.25, 0.3) is 10.9 Å². The molecule has 1 heterocycles. The number of rotatable bonds is 5. The molecule has 0 atom stereocenters. The third-order valence-corrected chi connectivity index (χ3v) is 6.13. The largest absolute Gasteiger partial charge is 0.487 e. The van der Waals surface area contributed by atoms with Crippen molar-refractivity contribution >= 4 is 60.6 Å². The first-order valence-corrected chi connectivity index (χ1v) is 11.7. The average molecular weight is 587 g/mol. The summed E-state index contributed by atoms with van der Waals surface area (Å²) in [5, 5.41) is 14.6. The highest BCUT2D eigenvalue weighted by molar-refractivity contribution is 9.10. The lowest BCUT2D eigenvalue weighted by Gasteiger charge is -2.13. The molecule has 9 heteroatoms. The second-order valence-electron chi connectivity index (χ2n) is 7.05. The summed E-state index contributed by atoms with van der Waals surface area (Å²) in [6.45, 7) is 1.89. The van der Waals surface area contributed by atoms with E-state index in [2.05, 4.69) is 48.0 Å². The summed E-state index contributed by atoms with van der Waals surface area (Å²) < 4.78 is 8.66. The van der Waals surface area contributed by atoms with Gasteiger partial charge in [0.25, 0.3) is 5.56 Å². The summed E-state index contributed by atoms with van der Waals surface area (Å²) in [5.41, 5.74) is 2.15. The van der Waals surface area contributed by atoms with Crippen LogP contribution in [-0.2, 0) is 6.61 Å². The molecule has 0 saturated carbocycles. The normalized spacial score (nSPS) is 11.1. The molecule has 0 fully saturated rings. The molecule has 0 amide bonds. The number of halogens is 3. The van der Waals surface area contributed by atoms with Crippen molar-refractivity contribution in [3.63, 3.8) is 0 Å². The highest BCUT2D eigenvalue weighted by atomic mass is 79.9. The molecule has 3 aromatic carbocycles. The number of hydrogen-bond donors (Lipinski definition) is 0. The van der Waals surface area contributed by atoms with Crippen molar-refractivity contribution in [1.29, 1.82) is 5.26 Å². The lowest BCUT2D eigenvalue weighted by Crippen LogP contribution is -2.20. The molecule has 0 N–H and O–H groups in total. The first-order valence-electron chi connectivity index (χ1n) is 9.70. The Bertz CT molecular complexity index is 1510. The van der Waals surface area contributed by atoms with Gasteiger partial charge in [-0.1, -0.05) is 45.7 Å². The van der Waals surface area contributed by atoms with Crippen molar-refractivity contribution in [3.8, 4) is 11.8 Å². The van der Waals surface area contributed by atoms with Crippen molar-refractivity contribution in [1.82, 2.24) is 9.66 Å². The van der Waals surface area contributed by atoms with Crippen LogP contribution in [0.1, 0.15) is 22.5 Å². The van der Waals surface area contributed by atoms with Crippen LogP contribution >= 0.6 is 43.5 Å². The molecule has 0 spiro atoms. The van der Waals surface area contributed by atoms with Crippen LogP contribution in [0, 0.1) is 18.3 Å². The van der Waals surface area contributed by atoms with Gasteiger partial charge in [-0.05, 0) is 59.3 Å². The Morgan fingerprint density at radius 3 is 2.79 bits per heavy atom. The standard InChI is InChI=1S/C24H15Br2ClN4O2/c1-14-30-22-7-6-18(25)9-20(22)24(32)31(14)29-12-17-8-19(27)10-21(26)23(17)33-13-16-5-3-2-4-15(16)11-28/h2-10,12H,13H2,1H3. The van der Waals surface area contributed by atoms with Crippen LogP contribution in [0.2, 0.25) is 5.02 Å². The zero-order chi connectivity index (χ0) is 23.5. The van der Waals surface area contributed by atoms with Crippen molar-refractivity contribution in [2.24, 2.45) is 5.10 Å². The molecule has 4 aromatic rings. The summed E-state index contributed by atoms with van der Waals surface area (Å²) >= 11 is 13.1. The predicted octanol–water partition coefficient (Wildman–Crippen LogP) is 6.22. The molecule has 0 radical (unpaired) electrons. The van der Waals surface area contributed by atoms with Gasteiger partial charge in [-0.25, -0.2) is 4.98 Å². The maximum absolute atomic E-state index is 13.0. The molecule has 4 rings (SSSR count). The van der Waals surface area contributed by atoms with Crippen LogP contribution in [0.5, 0.6) is 5.75 Å². The van der Waals surface area contributed by atoms with Crippen molar-refractivity contribution in [2.45, 2.75) is 13.5 Å². The Hall–Kier alpha value is -2.99. The summed E-state index contributed by atoms with van der Waals surface area (Å²) in [6.07, 6.45) is 1.50. The van der Waals surface area contributed by atoms with E-state index in [0.717, 1.165) is 10.0 Å². The molecule has 164 valence electrons. The smallest absolute Gasteiger partial charge is 0.282 e. The van der Waals surface area contributed by atoms with E-state index in [9.17, 15) is 10.1 Å². The monoisotopic (exact) mass is 584 g/mol. The molecule has 6 nitrogen and oxygen atoms in total. The second kappa shape index (κ2) is 9.87. The minimum Gasteiger partial charge on any atom is -0.487 e. The van der Waals surface area contributed by atoms with Crippen LogP contribution < -0.4 is 10.3 Å². The molecule has 0 bridgehead atoms. The SMILES string of the molecule is Cc1nc2ccc(Br)cc2c(=O)n1N=Cc1cc(Cl)cc(Br)c1OCc1ccccc1C#N. The quantitative estimate of drug-likeness (QED) is 0.260. The number of hydrogen-bond acceptors (Lipinski definition) is 5. The van der Waals surface area contributed by atoms with Gasteiger partial charge in [-0.3, -0.25) is 4.79 Å². The molecule has 0 unspecified atom stereocenters. The minimum atomic E-state index is -0.290. The Morgan fingerprint density at radius 1 is 1.21 bits per heavy atom. The summed E-state index contributed by atoms with van der Waals surface area (Å²) in [6, 6.07) is 18.1. The zero-order valence-electron chi connectivity index (χ0n) is 17.2. The highest BCUT2D eigenvalue weighted by Crippen LogP contribution is 2.33. The third-order valence-electron chi connectivity index (χ3n) is 4.83. The minimum absolute atomic E-state index is 0.176. The third kappa shape index (κ3) is 5.01. The fraction of sp³-hybridized carbons (Fsp3) is 0.0833. The summed E-state index contributed by atoms with van der Waals surface area (Å²) in [7, 11) is 0. The van der Waals surface area contributed by atoms with Gasteiger partial charge in [0.05, 0.1) is 33.2 Å².